The Balaban J connectivity index is 2.16. The monoisotopic (exact) mass is 361 g/mol. The summed E-state index contributed by atoms with van der Waals surface area (Å²) < 4.78 is 12.1. The Hall–Kier alpha value is -3.00. The van der Waals surface area contributed by atoms with E-state index in [4.69, 9.17) is 9.47 Å². The fourth-order valence-corrected chi connectivity index (χ4v) is 3.60. The normalized spacial score (nSPS) is 10.8. The van der Waals surface area contributed by atoms with Crippen molar-refractivity contribution in [2.45, 2.75) is 6.54 Å². The number of methoxy groups -OCH3 is 2. The molecule has 0 aliphatic rings. The largest absolute Gasteiger partial charge is 0.502 e. The number of hydrogen-bond donors (Lipinski definition) is 2. The number of aromatic nitrogens is 1. The molecule has 25 heavy (non-hydrogen) atoms. The number of benzene rings is 1. The summed E-state index contributed by atoms with van der Waals surface area (Å²) in [5.41, 5.74) is 0.0892. The second-order valence-corrected chi connectivity index (χ2v) is 6.16. The van der Waals surface area contributed by atoms with Gasteiger partial charge in [-0.1, -0.05) is 6.07 Å². The van der Waals surface area contributed by atoms with Crippen molar-refractivity contribution in [1.29, 1.82) is 0 Å². The number of fused-ring (bicyclic) bond motifs is 1. The van der Waals surface area contributed by atoms with Crippen molar-refractivity contribution in [3.8, 4) is 17.2 Å². The lowest BCUT2D eigenvalue weighted by Gasteiger charge is -2.13. The quantitative estimate of drug-likeness (QED) is 0.725. The number of carbonyl (C=O) groups is 1. The second kappa shape index (κ2) is 6.48. The number of ether oxygens (including phenoxy) is 2. The molecule has 2 aromatic heterocycles. The van der Waals surface area contributed by atoms with Crippen LogP contribution in [0.1, 0.15) is 15.9 Å². The van der Waals surface area contributed by atoms with E-state index in [0.717, 1.165) is 16.9 Å². The van der Waals surface area contributed by atoms with E-state index in [1.807, 2.05) is 0 Å². The third kappa shape index (κ3) is 2.80. The summed E-state index contributed by atoms with van der Waals surface area (Å²) in [6.45, 7) is 0.153. The molecule has 7 nitrogen and oxygen atoms in total. The third-order valence-corrected chi connectivity index (χ3v) is 4.77. The highest BCUT2D eigenvalue weighted by Crippen LogP contribution is 2.31. The molecule has 130 valence electrons. The van der Waals surface area contributed by atoms with Crippen molar-refractivity contribution in [2.24, 2.45) is 0 Å². The first-order valence-electron chi connectivity index (χ1n) is 7.25. The van der Waals surface area contributed by atoms with Crippen LogP contribution in [0, 0.1) is 0 Å². The molecule has 2 N–H and O–H groups in total. The van der Waals surface area contributed by atoms with Crippen LogP contribution in [-0.4, -0.2) is 35.0 Å². The summed E-state index contributed by atoms with van der Waals surface area (Å²) >= 11 is 1.16. The van der Waals surface area contributed by atoms with Crippen molar-refractivity contribution in [2.75, 3.05) is 14.2 Å². The Bertz CT molecular complexity index is 1020. The summed E-state index contributed by atoms with van der Waals surface area (Å²) in [6.07, 6.45) is 0. The van der Waals surface area contributed by atoms with E-state index in [1.54, 1.807) is 29.6 Å². The van der Waals surface area contributed by atoms with Gasteiger partial charge in [0, 0.05) is 0 Å². The molecular formula is C17H15NO6S. The zero-order chi connectivity index (χ0) is 18.1. The van der Waals surface area contributed by atoms with Gasteiger partial charge in [0.1, 0.15) is 5.56 Å². The number of carboxylic acids is 1. The zero-order valence-electron chi connectivity index (χ0n) is 13.5. The van der Waals surface area contributed by atoms with E-state index < -0.39 is 17.3 Å². The molecule has 0 fully saturated rings. The average molecular weight is 361 g/mol. The van der Waals surface area contributed by atoms with E-state index >= 15 is 0 Å². The molecule has 0 spiro atoms. The molecule has 0 radical (unpaired) electrons. The molecule has 1 aromatic carbocycles. The minimum absolute atomic E-state index is 0.153. The summed E-state index contributed by atoms with van der Waals surface area (Å²) in [5, 5.41) is 21.0. The van der Waals surface area contributed by atoms with Crippen LogP contribution in [0.3, 0.4) is 0 Å². The predicted octanol–water partition coefficient (Wildman–Crippen LogP) is 2.53. The van der Waals surface area contributed by atoms with Gasteiger partial charge < -0.3 is 19.7 Å². The zero-order valence-corrected chi connectivity index (χ0v) is 14.3. The fourth-order valence-electron chi connectivity index (χ4n) is 2.67. The van der Waals surface area contributed by atoms with Gasteiger partial charge >= 0.3 is 5.97 Å². The van der Waals surface area contributed by atoms with Crippen molar-refractivity contribution >= 4 is 27.5 Å². The molecule has 0 atom stereocenters. The number of pyridine rings is 1. The maximum Gasteiger partial charge on any atom is 0.341 e. The lowest BCUT2D eigenvalue weighted by molar-refractivity contribution is 0.0695. The van der Waals surface area contributed by atoms with Gasteiger partial charge in [-0.25, -0.2) is 4.79 Å². The maximum absolute atomic E-state index is 12.5. The van der Waals surface area contributed by atoms with Crippen LogP contribution in [0.4, 0.5) is 0 Å². The molecule has 0 bridgehead atoms. The standard InChI is InChI=1S/C17H15NO6S/c1-23-11-4-3-9(7-12(11)24-2)8-18-10-5-6-25-15(10)13(17(21)22)14(19)16(18)20/h3-7,19H,8H2,1-2H3,(H,21,22). The molecule has 3 rings (SSSR count). The number of aromatic hydroxyl groups is 1. The van der Waals surface area contributed by atoms with Crippen molar-refractivity contribution in [1.82, 2.24) is 4.57 Å². The Morgan fingerprint density at radius 3 is 2.56 bits per heavy atom. The predicted molar refractivity (Wildman–Crippen MR) is 93.4 cm³/mol. The van der Waals surface area contributed by atoms with Crippen LogP contribution in [-0.2, 0) is 6.54 Å². The molecule has 0 amide bonds. The van der Waals surface area contributed by atoms with Crippen molar-refractivity contribution in [3.05, 3.63) is 51.1 Å². The second-order valence-electron chi connectivity index (χ2n) is 5.24. The van der Waals surface area contributed by atoms with E-state index in [0.29, 0.717) is 21.7 Å². The summed E-state index contributed by atoms with van der Waals surface area (Å²) in [6, 6.07) is 6.88. The maximum atomic E-state index is 12.5. The third-order valence-electron chi connectivity index (χ3n) is 3.85. The van der Waals surface area contributed by atoms with E-state index in [9.17, 15) is 19.8 Å². The minimum atomic E-state index is -1.33. The van der Waals surface area contributed by atoms with Crippen LogP contribution in [0.25, 0.3) is 10.2 Å². The highest BCUT2D eigenvalue weighted by molar-refractivity contribution is 7.17. The van der Waals surface area contributed by atoms with Gasteiger partial charge in [0.05, 0.1) is 31.0 Å². The van der Waals surface area contributed by atoms with Gasteiger partial charge in [0.2, 0.25) is 0 Å². The van der Waals surface area contributed by atoms with E-state index in [2.05, 4.69) is 0 Å². The lowest BCUT2D eigenvalue weighted by atomic mass is 10.1. The lowest BCUT2D eigenvalue weighted by Crippen LogP contribution is -2.22. The van der Waals surface area contributed by atoms with E-state index in [-0.39, 0.29) is 12.1 Å². The minimum Gasteiger partial charge on any atom is -0.502 e. The Morgan fingerprint density at radius 2 is 1.92 bits per heavy atom. The first kappa shape index (κ1) is 16.8. The molecular weight excluding hydrogens is 346 g/mol. The van der Waals surface area contributed by atoms with Gasteiger partial charge in [0.15, 0.2) is 17.2 Å². The van der Waals surface area contributed by atoms with Crippen LogP contribution in [0.15, 0.2) is 34.4 Å². The first-order chi connectivity index (χ1) is 12.0. The fraction of sp³-hybridized carbons (Fsp3) is 0.176. The number of aromatic carboxylic acids is 1. The van der Waals surface area contributed by atoms with Gasteiger partial charge in [0.25, 0.3) is 5.56 Å². The number of nitrogens with zero attached hydrogens (tertiary/aromatic N) is 1. The molecule has 2 heterocycles. The number of rotatable bonds is 5. The molecule has 0 saturated carbocycles. The highest BCUT2D eigenvalue weighted by Gasteiger charge is 2.22. The SMILES string of the molecule is COc1ccc(Cn2c(=O)c(O)c(C(=O)O)c3sccc32)cc1OC. The summed E-state index contributed by atoms with van der Waals surface area (Å²) in [4.78, 5) is 23.9. The van der Waals surface area contributed by atoms with Crippen LogP contribution in [0.2, 0.25) is 0 Å². The highest BCUT2D eigenvalue weighted by atomic mass is 32.1. The Kier molecular flexibility index (Phi) is 4.37. The van der Waals surface area contributed by atoms with Gasteiger partial charge in [-0.15, -0.1) is 11.3 Å². The Labute approximate surface area is 146 Å². The first-order valence-corrected chi connectivity index (χ1v) is 8.13. The van der Waals surface area contributed by atoms with Crippen molar-refractivity contribution < 1.29 is 24.5 Å². The van der Waals surface area contributed by atoms with Gasteiger partial charge in [-0.3, -0.25) is 9.36 Å². The van der Waals surface area contributed by atoms with Crippen LogP contribution < -0.4 is 15.0 Å². The molecule has 3 aromatic rings. The molecule has 0 unspecified atom stereocenters. The van der Waals surface area contributed by atoms with Crippen LogP contribution >= 0.6 is 11.3 Å². The van der Waals surface area contributed by atoms with Gasteiger partial charge in [-0.05, 0) is 29.1 Å². The molecule has 8 heteroatoms. The number of thiophene rings is 1. The Morgan fingerprint density at radius 1 is 1.20 bits per heavy atom. The van der Waals surface area contributed by atoms with E-state index in [1.165, 1.54) is 18.8 Å². The molecule has 0 aliphatic heterocycles. The summed E-state index contributed by atoms with van der Waals surface area (Å²) in [5.74, 6) is -1.02. The number of hydrogen-bond acceptors (Lipinski definition) is 6. The summed E-state index contributed by atoms with van der Waals surface area (Å²) in [7, 11) is 3.04. The average Bonchev–Trinajstić information content (AvgIpc) is 3.07. The van der Waals surface area contributed by atoms with Crippen LogP contribution in [0.5, 0.6) is 17.2 Å². The smallest absolute Gasteiger partial charge is 0.341 e. The molecule has 0 aliphatic carbocycles. The molecule has 0 saturated heterocycles. The number of carboxylic acid groups (broad SMARTS) is 1. The van der Waals surface area contributed by atoms with Gasteiger partial charge in [-0.2, -0.15) is 0 Å². The van der Waals surface area contributed by atoms with Crippen molar-refractivity contribution in [3.63, 3.8) is 0 Å². The topological polar surface area (TPSA) is 98.0 Å².